The zero-order valence-corrected chi connectivity index (χ0v) is 18.8. The van der Waals surface area contributed by atoms with E-state index in [0.29, 0.717) is 23.6 Å². The molecule has 0 aliphatic rings. The molecule has 0 atom stereocenters. The van der Waals surface area contributed by atoms with Gasteiger partial charge in [-0.15, -0.1) is 0 Å². The first-order chi connectivity index (χ1) is 15.3. The Labute approximate surface area is 191 Å². The number of hydrogen-bond donors (Lipinski definition) is 1. The monoisotopic (exact) mass is 445 g/mol. The average molecular weight is 446 g/mol. The van der Waals surface area contributed by atoms with Crippen LogP contribution in [-0.4, -0.2) is 15.6 Å². The molecule has 0 radical (unpaired) electrons. The summed E-state index contributed by atoms with van der Waals surface area (Å²) in [7, 11) is 0. The van der Waals surface area contributed by atoms with Crippen molar-refractivity contribution < 1.29 is 9.90 Å². The highest BCUT2D eigenvalue weighted by Gasteiger charge is 2.19. The van der Waals surface area contributed by atoms with Crippen molar-refractivity contribution in [3.8, 4) is 0 Å². The number of aryl methyl sites for hydroxylation is 2. The highest BCUT2D eigenvalue weighted by molar-refractivity contribution is 6.30. The van der Waals surface area contributed by atoms with E-state index in [1.165, 1.54) is 0 Å². The van der Waals surface area contributed by atoms with Gasteiger partial charge in [-0.05, 0) is 59.9 Å². The van der Waals surface area contributed by atoms with Gasteiger partial charge < -0.3 is 9.67 Å². The van der Waals surface area contributed by atoms with E-state index in [2.05, 4.69) is 0 Å². The molecule has 0 fully saturated rings. The van der Waals surface area contributed by atoms with Gasteiger partial charge in [0.1, 0.15) is 0 Å². The van der Waals surface area contributed by atoms with Crippen molar-refractivity contribution in [2.24, 2.45) is 0 Å². The molecule has 4 nitrogen and oxygen atoms in total. The maximum absolute atomic E-state index is 13.7. The fourth-order valence-electron chi connectivity index (χ4n) is 4.31. The highest BCUT2D eigenvalue weighted by atomic mass is 35.5. The van der Waals surface area contributed by atoms with Gasteiger partial charge in [0, 0.05) is 22.4 Å². The number of pyridine rings is 1. The van der Waals surface area contributed by atoms with Gasteiger partial charge >= 0.3 is 5.97 Å². The van der Waals surface area contributed by atoms with Crippen LogP contribution in [0.15, 0.2) is 71.5 Å². The number of nitrogens with zero attached hydrogens (tertiary/aromatic N) is 1. The van der Waals surface area contributed by atoms with Crippen molar-refractivity contribution in [3.05, 3.63) is 115 Å². The van der Waals surface area contributed by atoms with Crippen LogP contribution in [0.25, 0.3) is 10.9 Å². The topological polar surface area (TPSA) is 59.3 Å². The second kappa shape index (κ2) is 9.01. The minimum absolute atomic E-state index is 0.0549. The van der Waals surface area contributed by atoms with Gasteiger partial charge in [0.25, 0.3) is 5.56 Å². The molecule has 1 aromatic heterocycles. The minimum atomic E-state index is -0.892. The second-order valence-electron chi connectivity index (χ2n) is 8.17. The largest absolute Gasteiger partial charge is 0.481 e. The van der Waals surface area contributed by atoms with E-state index in [9.17, 15) is 14.7 Å². The predicted molar refractivity (Wildman–Crippen MR) is 129 cm³/mol. The highest BCUT2D eigenvalue weighted by Crippen LogP contribution is 2.28. The Morgan fingerprint density at radius 2 is 1.66 bits per heavy atom. The number of carboxylic acids is 1. The molecule has 32 heavy (non-hydrogen) atoms. The molecule has 3 aromatic carbocycles. The van der Waals surface area contributed by atoms with Crippen LogP contribution in [0, 0.1) is 13.8 Å². The van der Waals surface area contributed by atoms with Crippen LogP contribution in [0.4, 0.5) is 0 Å². The van der Waals surface area contributed by atoms with Crippen molar-refractivity contribution in [1.29, 1.82) is 0 Å². The Kier molecular flexibility index (Phi) is 6.15. The Balaban J connectivity index is 2.00. The van der Waals surface area contributed by atoms with Gasteiger partial charge in [-0.2, -0.15) is 0 Å². The van der Waals surface area contributed by atoms with Crippen molar-refractivity contribution >= 4 is 28.5 Å². The summed E-state index contributed by atoms with van der Waals surface area (Å²) in [5, 5.41) is 11.0. The van der Waals surface area contributed by atoms with Gasteiger partial charge in [-0.1, -0.05) is 60.1 Å². The Morgan fingerprint density at radius 3 is 2.31 bits per heavy atom. The Hall–Kier alpha value is -3.37. The Bertz CT molecular complexity index is 1360. The number of rotatable bonds is 6. The maximum atomic E-state index is 13.7. The van der Waals surface area contributed by atoms with Crippen LogP contribution in [0.1, 0.15) is 33.4 Å². The molecule has 4 rings (SSSR count). The number of aliphatic carboxylic acids is 1. The molecule has 0 spiro atoms. The van der Waals surface area contributed by atoms with E-state index in [-0.39, 0.29) is 12.0 Å². The molecule has 0 aliphatic carbocycles. The number of halogens is 1. The van der Waals surface area contributed by atoms with Gasteiger partial charge in [-0.25, -0.2) is 0 Å². The molecule has 4 aromatic rings. The molecular weight excluding hydrogens is 422 g/mol. The number of benzene rings is 3. The van der Waals surface area contributed by atoms with E-state index in [0.717, 1.165) is 38.7 Å². The van der Waals surface area contributed by atoms with Crippen LogP contribution in [0.2, 0.25) is 5.02 Å². The zero-order chi connectivity index (χ0) is 22.8. The van der Waals surface area contributed by atoms with Crippen LogP contribution in [0.5, 0.6) is 0 Å². The standard InChI is InChI=1S/C27H24ClNO3/c1-17-12-21(15-25(30)31)26-18(2)23(14-19-8-10-22(28)11-9-19)27(32)29(24(26)13-17)16-20-6-4-3-5-7-20/h3-13H,14-16H2,1-2H3,(H,30,31). The van der Waals surface area contributed by atoms with Gasteiger partial charge in [0.2, 0.25) is 0 Å². The summed E-state index contributed by atoms with van der Waals surface area (Å²) < 4.78 is 1.78. The number of fused-ring (bicyclic) bond motifs is 1. The summed E-state index contributed by atoms with van der Waals surface area (Å²) in [6, 6.07) is 21.2. The molecule has 0 aliphatic heterocycles. The van der Waals surface area contributed by atoms with Gasteiger partial charge in [0.05, 0.1) is 18.5 Å². The molecule has 0 saturated carbocycles. The SMILES string of the molecule is Cc1cc(CC(=O)O)c2c(C)c(Cc3ccc(Cl)cc3)c(=O)n(Cc3ccccc3)c2c1. The molecule has 0 unspecified atom stereocenters. The molecular formula is C27H24ClNO3. The first kappa shape index (κ1) is 21.8. The number of carbonyl (C=O) groups is 1. The normalized spacial score (nSPS) is 11.1. The lowest BCUT2D eigenvalue weighted by Crippen LogP contribution is -2.27. The van der Waals surface area contributed by atoms with Gasteiger partial charge in [-0.3, -0.25) is 9.59 Å². The fourth-order valence-corrected chi connectivity index (χ4v) is 4.44. The van der Waals surface area contributed by atoms with E-state index in [1.54, 1.807) is 4.57 Å². The number of hydrogen-bond acceptors (Lipinski definition) is 2. The van der Waals surface area contributed by atoms with Crippen LogP contribution >= 0.6 is 11.6 Å². The quantitative estimate of drug-likeness (QED) is 0.424. The molecule has 1 heterocycles. The lowest BCUT2D eigenvalue weighted by atomic mass is 9.93. The smallest absolute Gasteiger partial charge is 0.307 e. The molecule has 0 saturated heterocycles. The lowest BCUT2D eigenvalue weighted by Gasteiger charge is -2.19. The first-order valence-corrected chi connectivity index (χ1v) is 10.9. The van der Waals surface area contributed by atoms with E-state index < -0.39 is 5.97 Å². The van der Waals surface area contributed by atoms with Crippen LogP contribution < -0.4 is 5.56 Å². The van der Waals surface area contributed by atoms with E-state index in [4.69, 9.17) is 11.6 Å². The summed E-state index contributed by atoms with van der Waals surface area (Å²) in [4.78, 5) is 25.3. The molecule has 5 heteroatoms. The summed E-state index contributed by atoms with van der Waals surface area (Å²) in [5.41, 5.74) is 5.87. The molecule has 1 N–H and O–H groups in total. The van der Waals surface area contributed by atoms with E-state index in [1.807, 2.05) is 80.6 Å². The van der Waals surface area contributed by atoms with Crippen molar-refractivity contribution in [2.45, 2.75) is 33.2 Å². The lowest BCUT2D eigenvalue weighted by molar-refractivity contribution is -0.136. The van der Waals surface area contributed by atoms with Crippen molar-refractivity contribution in [3.63, 3.8) is 0 Å². The zero-order valence-electron chi connectivity index (χ0n) is 18.1. The predicted octanol–water partition coefficient (Wildman–Crippen LogP) is 5.54. The average Bonchev–Trinajstić information content (AvgIpc) is 2.75. The van der Waals surface area contributed by atoms with Gasteiger partial charge in [0.15, 0.2) is 0 Å². The summed E-state index contributed by atoms with van der Waals surface area (Å²) in [6.07, 6.45) is 0.357. The summed E-state index contributed by atoms with van der Waals surface area (Å²) in [6.45, 7) is 4.27. The van der Waals surface area contributed by atoms with Crippen LogP contribution in [0.3, 0.4) is 0 Å². The van der Waals surface area contributed by atoms with Crippen molar-refractivity contribution in [1.82, 2.24) is 4.57 Å². The Morgan fingerprint density at radius 1 is 0.969 bits per heavy atom. The summed E-state index contributed by atoms with van der Waals surface area (Å²) >= 11 is 6.03. The molecule has 162 valence electrons. The third-order valence-electron chi connectivity index (χ3n) is 5.78. The third kappa shape index (κ3) is 4.46. The van der Waals surface area contributed by atoms with Crippen molar-refractivity contribution in [2.75, 3.05) is 0 Å². The minimum Gasteiger partial charge on any atom is -0.481 e. The summed E-state index contributed by atoms with van der Waals surface area (Å²) in [5.74, 6) is -0.892. The molecule has 0 bridgehead atoms. The maximum Gasteiger partial charge on any atom is 0.307 e. The van der Waals surface area contributed by atoms with Crippen LogP contribution in [-0.2, 0) is 24.2 Å². The number of aromatic nitrogens is 1. The number of carboxylic acid groups (broad SMARTS) is 1. The fraction of sp³-hybridized carbons (Fsp3) is 0.185. The second-order valence-corrected chi connectivity index (χ2v) is 8.61. The third-order valence-corrected chi connectivity index (χ3v) is 6.04. The molecule has 0 amide bonds. The first-order valence-electron chi connectivity index (χ1n) is 10.5. The van der Waals surface area contributed by atoms with E-state index >= 15 is 0 Å².